The van der Waals surface area contributed by atoms with Crippen LogP contribution in [-0.4, -0.2) is 22.2 Å². The zero-order valence-corrected chi connectivity index (χ0v) is 9.24. The van der Waals surface area contributed by atoms with Gasteiger partial charge in [-0.15, -0.1) is 0 Å². The molecular weight excluding hydrogens is 230 g/mol. The Morgan fingerprint density at radius 3 is 2.56 bits per heavy atom. The first-order chi connectivity index (χ1) is 7.45. The average molecular weight is 242 g/mol. The molecule has 0 bridgehead atoms. The Labute approximate surface area is 97.6 Å². The smallest absolute Gasteiger partial charge is 0.314 e. The van der Waals surface area contributed by atoms with E-state index in [0.29, 0.717) is 23.4 Å². The zero-order valence-electron chi connectivity index (χ0n) is 8.48. The van der Waals surface area contributed by atoms with Crippen LogP contribution in [0.5, 0.6) is 5.75 Å². The van der Waals surface area contributed by atoms with Gasteiger partial charge in [0.15, 0.2) is 0 Å². The fraction of sp³-hybridized carbons (Fsp3) is 0.364. The molecule has 4 nitrogen and oxygen atoms in total. The van der Waals surface area contributed by atoms with Gasteiger partial charge in [-0.2, -0.15) is 0 Å². The quantitative estimate of drug-likeness (QED) is 0.733. The number of hydrogen-bond acceptors (Lipinski definition) is 3. The molecule has 1 aliphatic rings. The van der Waals surface area contributed by atoms with Crippen molar-refractivity contribution < 1.29 is 15.0 Å². The van der Waals surface area contributed by atoms with Crippen molar-refractivity contribution in [2.24, 2.45) is 5.73 Å². The average Bonchev–Trinajstić information content (AvgIpc) is 2.12. The van der Waals surface area contributed by atoms with E-state index < -0.39 is 11.4 Å². The molecule has 0 spiro atoms. The van der Waals surface area contributed by atoms with Crippen molar-refractivity contribution in [2.75, 3.05) is 0 Å². The predicted molar refractivity (Wildman–Crippen MR) is 59.6 cm³/mol. The van der Waals surface area contributed by atoms with Crippen LogP contribution in [0.25, 0.3) is 0 Å². The second-order valence-corrected chi connectivity index (χ2v) is 4.65. The van der Waals surface area contributed by atoms with Gasteiger partial charge in [0.05, 0.1) is 5.41 Å². The Morgan fingerprint density at radius 2 is 2.12 bits per heavy atom. The molecule has 2 rings (SSSR count). The number of nitrogens with two attached hydrogens (primary N) is 1. The Kier molecular flexibility index (Phi) is 2.56. The highest BCUT2D eigenvalue weighted by Gasteiger charge is 2.51. The number of carbonyl (C=O) groups is 1. The molecule has 0 aromatic heterocycles. The van der Waals surface area contributed by atoms with Crippen LogP contribution >= 0.6 is 11.6 Å². The first-order valence-electron chi connectivity index (χ1n) is 4.94. The van der Waals surface area contributed by atoms with E-state index >= 15 is 0 Å². The van der Waals surface area contributed by atoms with Gasteiger partial charge in [0.25, 0.3) is 0 Å². The third kappa shape index (κ3) is 1.54. The lowest BCUT2D eigenvalue weighted by molar-refractivity contribution is -0.148. The zero-order chi connectivity index (χ0) is 11.9. The van der Waals surface area contributed by atoms with Gasteiger partial charge in [-0.05, 0) is 25.0 Å². The fourth-order valence-corrected chi connectivity index (χ4v) is 2.42. The molecule has 0 saturated heterocycles. The molecule has 1 fully saturated rings. The van der Waals surface area contributed by atoms with E-state index in [1.165, 1.54) is 6.07 Å². The molecule has 0 atom stereocenters. The van der Waals surface area contributed by atoms with Crippen LogP contribution in [0, 0.1) is 0 Å². The number of hydrogen-bond donors (Lipinski definition) is 3. The summed E-state index contributed by atoms with van der Waals surface area (Å²) in [5.74, 6) is -1.03. The molecule has 0 aliphatic heterocycles. The van der Waals surface area contributed by atoms with Gasteiger partial charge >= 0.3 is 5.97 Å². The highest BCUT2D eigenvalue weighted by atomic mass is 35.5. The number of carboxylic acids is 1. The number of halogens is 1. The Hall–Kier alpha value is -1.26. The molecule has 0 radical (unpaired) electrons. The van der Waals surface area contributed by atoms with Gasteiger partial charge in [0, 0.05) is 16.6 Å². The predicted octanol–water partition coefficient (Wildman–Crippen LogP) is 1.49. The van der Waals surface area contributed by atoms with Gasteiger partial charge < -0.3 is 15.9 Å². The van der Waals surface area contributed by atoms with Crippen molar-refractivity contribution in [3.8, 4) is 5.75 Å². The molecule has 1 saturated carbocycles. The molecule has 1 aromatic carbocycles. The molecule has 1 aliphatic carbocycles. The van der Waals surface area contributed by atoms with Crippen LogP contribution in [0.4, 0.5) is 0 Å². The van der Waals surface area contributed by atoms with E-state index in [4.69, 9.17) is 17.3 Å². The largest absolute Gasteiger partial charge is 0.508 e. The minimum Gasteiger partial charge on any atom is -0.508 e. The maximum atomic E-state index is 11.3. The number of carboxylic acid groups (broad SMARTS) is 1. The normalized spacial score (nSPS) is 28.5. The lowest BCUT2D eigenvalue weighted by atomic mass is 9.61. The SMILES string of the molecule is NC1CC(C(=O)O)(c2ccc(Cl)cc2O)C1. The van der Waals surface area contributed by atoms with Gasteiger partial charge in [-0.3, -0.25) is 4.79 Å². The van der Waals surface area contributed by atoms with E-state index in [1.54, 1.807) is 12.1 Å². The summed E-state index contributed by atoms with van der Waals surface area (Å²) in [6.45, 7) is 0. The fourth-order valence-electron chi connectivity index (χ4n) is 2.25. The Morgan fingerprint density at radius 1 is 1.50 bits per heavy atom. The van der Waals surface area contributed by atoms with Crippen LogP contribution in [0.3, 0.4) is 0 Å². The van der Waals surface area contributed by atoms with Crippen LogP contribution in [-0.2, 0) is 10.2 Å². The molecule has 4 N–H and O–H groups in total. The van der Waals surface area contributed by atoms with Crippen molar-refractivity contribution in [2.45, 2.75) is 24.3 Å². The lowest BCUT2D eigenvalue weighted by Gasteiger charge is -2.43. The molecular formula is C11H12ClNO3. The molecule has 1 aromatic rings. The van der Waals surface area contributed by atoms with Crippen LogP contribution in [0.1, 0.15) is 18.4 Å². The lowest BCUT2D eigenvalue weighted by Crippen LogP contribution is -2.54. The summed E-state index contributed by atoms with van der Waals surface area (Å²) < 4.78 is 0. The summed E-state index contributed by atoms with van der Waals surface area (Å²) in [7, 11) is 0. The summed E-state index contributed by atoms with van der Waals surface area (Å²) in [6, 6.07) is 4.36. The highest BCUT2D eigenvalue weighted by molar-refractivity contribution is 6.30. The molecule has 0 amide bonds. The van der Waals surface area contributed by atoms with Crippen molar-refractivity contribution in [3.05, 3.63) is 28.8 Å². The van der Waals surface area contributed by atoms with E-state index in [1.807, 2.05) is 0 Å². The second-order valence-electron chi connectivity index (χ2n) is 4.22. The molecule has 5 heteroatoms. The van der Waals surface area contributed by atoms with Crippen molar-refractivity contribution in [3.63, 3.8) is 0 Å². The second kappa shape index (κ2) is 3.64. The van der Waals surface area contributed by atoms with E-state index in [-0.39, 0.29) is 11.8 Å². The highest BCUT2D eigenvalue weighted by Crippen LogP contribution is 2.46. The first-order valence-corrected chi connectivity index (χ1v) is 5.31. The summed E-state index contributed by atoms with van der Waals surface area (Å²) in [6.07, 6.45) is 0.690. The minimum atomic E-state index is -1.05. The summed E-state index contributed by atoms with van der Waals surface area (Å²) in [4.78, 5) is 11.3. The number of benzene rings is 1. The monoisotopic (exact) mass is 241 g/mol. The van der Waals surface area contributed by atoms with E-state index in [0.717, 1.165) is 0 Å². The molecule has 86 valence electrons. The van der Waals surface area contributed by atoms with Crippen molar-refractivity contribution in [1.29, 1.82) is 0 Å². The third-order valence-corrected chi connectivity index (χ3v) is 3.34. The van der Waals surface area contributed by atoms with Gasteiger partial charge in [-0.1, -0.05) is 17.7 Å². The number of phenols is 1. The van der Waals surface area contributed by atoms with Gasteiger partial charge in [0.2, 0.25) is 0 Å². The third-order valence-electron chi connectivity index (χ3n) is 3.11. The van der Waals surface area contributed by atoms with Crippen molar-refractivity contribution in [1.82, 2.24) is 0 Å². The number of aliphatic carboxylic acids is 1. The van der Waals surface area contributed by atoms with Crippen LogP contribution < -0.4 is 5.73 Å². The van der Waals surface area contributed by atoms with Gasteiger partial charge in [0.1, 0.15) is 5.75 Å². The summed E-state index contributed by atoms with van der Waals surface area (Å²) in [5.41, 5.74) is 4.99. The number of phenolic OH excluding ortho intramolecular Hbond substituents is 1. The van der Waals surface area contributed by atoms with Crippen LogP contribution in [0.15, 0.2) is 18.2 Å². The van der Waals surface area contributed by atoms with E-state index in [9.17, 15) is 15.0 Å². The standard InChI is InChI=1S/C11H12ClNO3/c12-6-1-2-8(9(14)3-6)11(10(15)16)4-7(13)5-11/h1-3,7,14H,4-5,13H2,(H,15,16). The Balaban J connectivity index is 2.45. The summed E-state index contributed by atoms with van der Waals surface area (Å²) >= 11 is 5.70. The molecule has 0 heterocycles. The first kappa shape index (κ1) is 11.2. The number of rotatable bonds is 2. The van der Waals surface area contributed by atoms with Crippen LogP contribution in [0.2, 0.25) is 5.02 Å². The Bertz CT molecular complexity index is 441. The maximum absolute atomic E-state index is 11.3. The van der Waals surface area contributed by atoms with Crippen molar-refractivity contribution >= 4 is 17.6 Å². The van der Waals surface area contributed by atoms with E-state index in [2.05, 4.69) is 0 Å². The maximum Gasteiger partial charge on any atom is 0.314 e. The molecule has 0 unspecified atom stereocenters. The van der Waals surface area contributed by atoms with Gasteiger partial charge in [-0.25, -0.2) is 0 Å². The minimum absolute atomic E-state index is 0.0817. The summed E-state index contributed by atoms with van der Waals surface area (Å²) in [5, 5.41) is 19.4. The number of aromatic hydroxyl groups is 1. The topological polar surface area (TPSA) is 83.6 Å². The molecule has 16 heavy (non-hydrogen) atoms.